The van der Waals surface area contributed by atoms with Crippen LogP contribution in [0.5, 0.6) is 0 Å². The van der Waals surface area contributed by atoms with Gasteiger partial charge >= 0.3 is 0 Å². The molecule has 19 heavy (non-hydrogen) atoms. The number of likely N-dealkylation sites (tertiary alicyclic amines) is 1. The Hall–Kier alpha value is -0.480. The predicted molar refractivity (Wildman–Crippen MR) is 77.4 cm³/mol. The maximum atomic E-state index is 5.61. The quantitative estimate of drug-likeness (QED) is 0.848. The van der Waals surface area contributed by atoms with Crippen molar-refractivity contribution in [3.05, 3.63) is 17.8 Å². The summed E-state index contributed by atoms with van der Waals surface area (Å²) in [6.07, 6.45) is 8.63. The maximum Gasteiger partial charge on any atom is 0.197 e. The second kappa shape index (κ2) is 4.81. The van der Waals surface area contributed by atoms with Gasteiger partial charge in [0.25, 0.3) is 0 Å². The van der Waals surface area contributed by atoms with Gasteiger partial charge in [-0.05, 0) is 49.8 Å². The highest BCUT2D eigenvalue weighted by molar-refractivity contribution is 7.99. The van der Waals surface area contributed by atoms with Crippen molar-refractivity contribution in [2.75, 3.05) is 24.6 Å². The van der Waals surface area contributed by atoms with Crippen LogP contribution in [0.2, 0.25) is 0 Å². The summed E-state index contributed by atoms with van der Waals surface area (Å²) in [7, 11) is 0. The maximum absolute atomic E-state index is 5.61. The summed E-state index contributed by atoms with van der Waals surface area (Å²) in [4.78, 5) is 7.27. The molecule has 0 aromatic carbocycles. The summed E-state index contributed by atoms with van der Waals surface area (Å²) in [6, 6.07) is 0. The summed E-state index contributed by atoms with van der Waals surface area (Å²) in [6.45, 7) is 3.49. The topological polar surface area (TPSA) is 29.3 Å². The van der Waals surface area contributed by atoms with Crippen molar-refractivity contribution in [3.63, 3.8) is 0 Å². The minimum Gasteiger partial charge on any atom is -0.448 e. The van der Waals surface area contributed by atoms with Crippen molar-refractivity contribution in [2.45, 2.75) is 44.6 Å². The first-order valence-electron chi connectivity index (χ1n) is 7.57. The molecule has 1 atom stereocenters. The predicted octanol–water partition coefficient (Wildman–Crippen LogP) is 3.27. The molecule has 3 fully saturated rings. The van der Waals surface area contributed by atoms with Crippen LogP contribution in [-0.2, 0) is 6.54 Å². The van der Waals surface area contributed by atoms with Crippen LogP contribution in [0, 0.1) is 5.41 Å². The fourth-order valence-electron chi connectivity index (χ4n) is 3.56. The molecular formula is C15H22N2OS. The zero-order chi connectivity index (χ0) is 12.7. The summed E-state index contributed by atoms with van der Waals surface area (Å²) >= 11 is 2.14. The highest BCUT2D eigenvalue weighted by Crippen LogP contribution is 2.43. The molecule has 0 amide bonds. The van der Waals surface area contributed by atoms with Gasteiger partial charge in [-0.3, -0.25) is 4.90 Å². The van der Waals surface area contributed by atoms with Crippen LogP contribution >= 0.6 is 11.8 Å². The van der Waals surface area contributed by atoms with Crippen LogP contribution in [0.3, 0.4) is 0 Å². The number of oxazole rings is 1. The van der Waals surface area contributed by atoms with E-state index in [0.717, 1.165) is 18.1 Å². The van der Waals surface area contributed by atoms with E-state index in [1.54, 1.807) is 0 Å². The van der Waals surface area contributed by atoms with Crippen LogP contribution in [0.25, 0.3) is 0 Å². The lowest BCUT2D eigenvalue weighted by atomic mass is 9.79. The van der Waals surface area contributed by atoms with Crippen molar-refractivity contribution in [2.24, 2.45) is 5.41 Å². The first-order valence-corrected chi connectivity index (χ1v) is 8.73. The van der Waals surface area contributed by atoms with Crippen molar-refractivity contribution in [1.29, 1.82) is 0 Å². The van der Waals surface area contributed by atoms with Gasteiger partial charge in [0.15, 0.2) is 5.89 Å². The average Bonchev–Trinajstić information content (AvgIpc) is 3.01. The lowest BCUT2D eigenvalue weighted by molar-refractivity contribution is 0.102. The van der Waals surface area contributed by atoms with Gasteiger partial charge in [0.2, 0.25) is 0 Å². The van der Waals surface area contributed by atoms with Gasteiger partial charge in [-0.25, -0.2) is 4.98 Å². The van der Waals surface area contributed by atoms with E-state index in [2.05, 4.69) is 21.6 Å². The third-order valence-corrected chi connectivity index (χ3v) is 6.12. The first-order chi connectivity index (χ1) is 9.33. The first kappa shape index (κ1) is 12.3. The van der Waals surface area contributed by atoms with E-state index in [1.807, 2.05) is 6.26 Å². The molecule has 3 aliphatic rings. The minimum atomic E-state index is 0.617. The second-order valence-electron chi connectivity index (χ2n) is 6.57. The number of hydrogen-bond donors (Lipinski definition) is 0. The van der Waals surface area contributed by atoms with Crippen molar-refractivity contribution in [3.8, 4) is 0 Å². The van der Waals surface area contributed by atoms with Crippen LogP contribution < -0.4 is 0 Å². The summed E-state index contributed by atoms with van der Waals surface area (Å²) in [5, 5.41) is 0. The fourth-order valence-corrected chi connectivity index (χ4v) is 5.09. The standard InChI is InChI=1S/C15H22N2OS/c1-4-15(5-7-19-11-15)10-17(6-1)8-13-9-18-14(16-13)12-2-3-12/h9,12H,1-8,10-11H2. The van der Waals surface area contributed by atoms with E-state index in [4.69, 9.17) is 4.42 Å². The molecule has 3 nitrogen and oxygen atoms in total. The molecule has 0 bridgehead atoms. The second-order valence-corrected chi connectivity index (χ2v) is 7.67. The van der Waals surface area contributed by atoms with Crippen molar-refractivity contribution < 1.29 is 4.42 Å². The average molecular weight is 278 g/mol. The van der Waals surface area contributed by atoms with E-state index in [-0.39, 0.29) is 0 Å². The Kier molecular flexibility index (Phi) is 3.11. The number of hydrogen-bond acceptors (Lipinski definition) is 4. The molecule has 4 rings (SSSR count). The smallest absolute Gasteiger partial charge is 0.197 e. The van der Waals surface area contributed by atoms with Gasteiger partial charge in [-0.1, -0.05) is 0 Å². The Labute approximate surface area is 119 Å². The highest BCUT2D eigenvalue weighted by atomic mass is 32.2. The van der Waals surface area contributed by atoms with Crippen LogP contribution in [0.4, 0.5) is 0 Å². The minimum absolute atomic E-state index is 0.617. The van der Waals surface area contributed by atoms with Crippen LogP contribution in [0.1, 0.15) is 49.6 Å². The number of aromatic nitrogens is 1. The van der Waals surface area contributed by atoms with Gasteiger partial charge in [-0.15, -0.1) is 0 Å². The Morgan fingerprint density at radius 1 is 1.42 bits per heavy atom. The van der Waals surface area contributed by atoms with Crippen molar-refractivity contribution in [1.82, 2.24) is 9.88 Å². The number of nitrogens with zero attached hydrogens (tertiary/aromatic N) is 2. The molecule has 4 heteroatoms. The summed E-state index contributed by atoms with van der Waals surface area (Å²) in [5.74, 6) is 4.35. The SMILES string of the molecule is c1oc(C2CC2)nc1CN1CCCC2(CCSC2)C1. The molecule has 1 unspecified atom stereocenters. The van der Waals surface area contributed by atoms with E-state index in [1.165, 1.54) is 56.7 Å². The zero-order valence-corrected chi connectivity index (χ0v) is 12.3. The Morgan fingerprint density at radius 2 is 2.37 bits per heavy atom. The molecule has 3 heterocycles. The van der Waals surface area contributed by atoms with Gasteiger partial charge in [0.05, 0.1) is 5.69 Å². The normalized spacial score (nSPS) is 32.2. The third kappa shape index (κ3) is 2.57. The number of thioether (sulfide) groups is 1. The number of rotatable bonds is 3. The fraction of sp³-hybridized carbons (Fsp3) is 0.800. The molecule has 0 radical (unpaired) electrons. The molecule has 0 N–H and O–H groups in total. The van der Waals surface area contributed by atoms with E-state index in [9.17, 15) is 0 Å². The molecule has 2 aliphatic heterocycles. The number of piperidine rings is 1. The Bertz CT molecular complexity index is 449. The lowest BCUT2D eigenvalue weighted by Crippen LogP contribution is -2.42. The van der Waals surface area contributed by atoms with Gasteiger partial charge in [-0.2, -0.15) is 11.8 Å². The molecule has 1 aromatic rings. The van der Waals surface area contributed by atoms with E-state index < -0.39 is 0 Å². The Morgan fingerprint density at radius 3 is 3.16 bits per heavy atom. The van der Waals surface area contributed by atoms with E-state index in [0.29, 0.717) is 11.3 Å². The van der Waals surface area contributed by atoms with Gasteiger partial charge < -0.3 is 4.42 Å². The van der Waals surface area contributed by atoms with Crippen molar-refractivity contribution >= 4 is 11.8 Å². The monoisotopic (exact) mass is 278 g/mol. The molecule has 1 aromatic heterocycles. The molecular weight excluding hydrogens is 256 g/mol. The largest absolute Gasteiger partial charge is 0.448 e. The lowest BCUT2D eigenvalue weighted by Gasteiger charge is -2.39. The van der Waals surface area contributed by atoms with E-state index >= 15 is 0 Å². The van der Waals surface area contributed by atoms with Gasteiger partial charge in [0.1, 0.15) is 6.26 Å². The molecule has 1 spiro atoms. The Balaban J connectivity index is 1.40. The van der Waals surface area contributed by atoms with Crippen LogP contribution in [0.15, 0.2) is 10.7 Å². The summed E-state index contributed by atoms with van der Waals surface area (Å²) < 4.78 is 5.61. The molecule has 2 saturated heterocycles. The molecule has 1 saturated carbocycles. The summed E-state index contributed by atoms with van der Waals surface area (Å²) in [5.41, 5.74) is 1.76. The van der Waals surface area contributed by atoms with Gasteiger partial charge in [0, 0.05) is 24.8 Å². The third-order valence-electron chi connectivity index (χ3n) is 4.81. The highest BCUT2D eigenvalue weighted by Gasteiger charge is 2.38. The molecule has 104 valence electrons. The molecule has 1 aliphatic carbocycles. The zero-order valence-electron chi connectivity index (χ0n) is 11.4. The van der Waals surface area contributed by atoms with Crippen LogP contribution in [-0.4, -0.2) is 34.5 Å².